The first-order valence-corrected chi connectivity index (χ1v) is 5.43. The molecule has 1 heterocycles. The molecule has 0 atom stereocenters. The summed E-state index contributed by atoms with van der Waals surface area (Å²) in [4.78, 5) is 16.0. The van der Waals surface area contributed by atoms with Crippen molar-refractivity contribution in [2.45, 2.75) is 0 Å². The van der Waals surface area contributed by atoms with Crippen LogP contribution in [0.15, 0.2) is 36.5 Å². The topological polar surface area (TPSA) is 51.2 Å². The molecule has 17 heavy (non-hydrogen) atoms. The number of hydrogen-bond acceptors (Lipinski definition) is 3. The summed E-state index contributed by atoms with van der Waals surface area (Å²) < 4.78 is 4.87. The molecule has 2 aromatic rings. The summed E-state index contributed by atoms with van der Waals surface area (Å²) in [5, 5.41) is 3.73. The van der Waals surface area contributed by atoms with Crippen LogP contribution in [0, 0.1) is 0 Å². The lowest BCUT2D eigenvalue weighted by Crippen LogP contribution is -2.26. The van der Waals surface area contributed by atoms with Crippen molar-refractivity contribution in [1.82, 2.24) is 10.3 Å². The van der Waals surface area contributed by atoms with Crippen LogP contribution in [0.4, 0.5) is 0 Å². The number of aromatic nitrogens is 1. The van der Waals surface area contributed by atoms with Crippen LogP contribution in [0.5, 0.6) is 0 Å². The number of carbonyl (C=O) groups is 1. The highest BCUT2D eigenvalue weighted by atomic mass is 16.5. The number of nitrogens with one attached hydrogen (secondary N) is 1. The van der Waals surface area contributed by atoms with Gasteiger partial charge in [-0.2, -0.15) is 0 Å². The Labute approximate surface area is 99.6 Å². The molecule has 1 amide bonds. The van der Waals surface area contributed by atoms with Crippen molar-refractivity contribution in [1.29, 1.82) is 0 Å². The Morgan fingerprint density at radius 3 is 3.06 bits per heavy atom. The fraction of sp³-hybridized carbons (Fsp3) is 0.231. The second kappa shape index (κ2) is 5.41. The van der Waals surface area contributed by atoms with Gasteiger partial charge in [0.2, 0.25) is 0 Å². The van der Waals surface area contributed by atoms with E-state index in [1.807, 2.05) is 30.3 Å². The molecule has 0 bridgehead atoms. The average Bonchev–Trinajstić information content (AvgIpc) is 2.38. The fourth-order valence-corrected chi connectivity index (χ4v) is 1.56. The maximum Gasteiger partial charge on any atom is 0.252 e. The Bertz CT molecular complexity index is 526. The minimum Gasteiger partial charge on any atom is -0.383 e. The highest BCUT2D eigenvalue weighted by Gasteiger charge is 2.05. The standard InChI is InChI=1S/C13H14N2O2/c1-17-7-6-14-13(16)11-8-10-4-2-3-5-12(10)15-9-11/h2-5,8-9H,6-7H2,1H3,(H,14,16). The van der Waals surface area contributed by atoms with E-state index in [9.17, 15) is 4.79 Å². The number of para-hydroxylation sites is 1. The van der Waals surface area contributed by atoms with Crippen molar-refractivity contribution >= 4 is 16.8 Å². The van der Waals surface area contributed by atoms with E-state index in [0.717, 1.165) is 10.9 Å². The van der Waals surface area contributed by atoms with Crippen LogP contribution in [-0.4, -0.2) is 31.2 Å². The van der Waals surface area contributed by atoms with E-state index >= 15 is 0 Å². The van der Waals surface area contributed by atoms with E-state index in [1.54, 1.807) is 13.3 Å². The van der Waals surface area contributed by atoms with Gasteiger partial charge in [-0.1, -0.05) is 18.2 Å². The minimum atomic E-state index is -0.125. The monoisotopic (exact) mass is 230 g/mol. The summed E-state index contributed by atoms with van der Waals surface area (Å²) in [7, 11) is 1.60. The molecule has 0 unspecified atom stereocenters. The van der Waals surface area contributed by atoms with Crippen molar-refractivity contribution in [2.24, 2.45) is 0 Å². The molecule has 0 spiro atoms. The zero-order valence-corrected chi connectivity index (χ0v) is 9.64. The van der Waals surface area contributed by atoms with Gasteiger partial charge in [-0.3, -0.25) is 9.78 Å². The van der Waals surface area contributed by atoms with Gasteiger partial charge in [0.05, 0.1) is 17.7 Å². The maximum absolute atomic E-state index is 11.8. The Morgan fingerprint density at radius 2 is 2.24 bits per heavy atom. The van der Waals surface area contributed by atoms with Crippen molar-refractivity contribution < 1.29 is 9.53 Å². The summed E-state index contributed by atoms with van der Waals surface area (Å²) in [5.74, 6) is -0.125. The van der Waals surface area contributed by atoms with Crippen molar-refractivity contribution in [3.63, 3.8) is 0 Å². The lowest BCUT2D eigenvalue weighted by atomic mass is 10.1. The molecule has 2 rings (SSSR count). The molecule has 0 saturated heterocycles. The van der Waals surface area contributed by atoms with Crippen LogP contribution in [0.2, 0.25) is 0 Å². The Morgan fingerprint density at radius 1 is 1.41 bits per heavy atom. The molecule has 0 radical (unpaired) electrons. The predicted molar refractivity (Wildman–Crippen MR) is 66.0 cm³/mol. The molecule has 1 aromatic heterocycles. The highest BCUT2D eigenvalue weighted by molar-refractivity contribution is 5.97. The number of hydrogen-bond donors (Lipinski definition) is 1. The van der Waals surface area contributed by atoms with E-state index in [1.165, 1.54) is 0 Å². The van der Waals surface area contributed by atoms with Gasteiger partial charge in [0.25, 0.3) is 5.91 Å². The molecule has 4 nitrogen and oxygen atoms in total. The van der Waals surface area contributed by atoms with Gasteiger partial charge in [-0.25, -0.2) is 0 Å². The molecule has 4 heteroatoms. The molecule has 1 N–H and O–H groups in total. The Hall–Kier alpha value is -1.94. The summed E-state index contributed by atoms with van der Waals surface area (Å²) in [5.41, 5.74) is 1.46. The summed E-state index contributed by atoms with van der Waals surface area (Å²) in [6.45, 7) is 1.01. The molecular weight excluding hydrogens is 216 g/mol. The third-order valence-electron chi connectivity index (χ3n) is 2.44. The van der Waals surface area contributed by atoms with Crippen LogP contribution in [-0.2, 0) is 4.74 Å². The van der Waals surface area contributed by atoms with Gasteiger partial charge in [-0.05, 0) is 12.1 Å². The quantitative estimate of drug-likeness (QED) is 0.812. The second-order valence-corrected chi connectivity index (χ2v) is 3.67. The molecule has 88 valence electrons. The van der Waals surface area contributed by atoms with Gasteiger partial charge >= 0.3 is 0 Å². The van der Waals surface area contributed by atoms with E-state index in [0.29, 0.717) is 18.7 Å². The van der Waals surface area contributed by atoms with E-state index in [-0.39, 0.29) is 5.91 Å². The van der Waals surface area contributed by atoms with Gasteiger partial charge in [0.15, 0.2) is 0 Å². The number of fused-ring (bicyclic) bond motifs is 1. The molecule has 0 aliphatic carbocycles. The van der Waals surface area contributed by atoms with Crippen LogP contribution in [0.1, 0.15) is 10.4 Å². The first-order chi connectivity index (χ1) is 8.31. The first-order valence-electron chi connectivity index (χ1n) is 5.43. The Balaban J connectivity index is 2.15. The van der Waals surface area contributed by atoms with Gasteiger partial charge in [0.1, 0.15) is 0 Å². The number of ether oxygens (including phenoxy) is 1. The minimum absolute atomic E-state index is 0.125. The number of amides is 1. The van der Waals surface area contributed by atoms with E-state index in [2.05, 4.69) is 10.3 Å². The van der Waals surface area contributed by atoms with Crippen molar-refractivity contribution in [3.05, 3.63) is 42.1 Å². The van der Waals surface area contributed by atoms with Crippen molar-refractivity contribution in [2.75, 3.05) is 20.3 Å². The fourth-order valence-electron chi connectivity index (χ4n) is 1.56. The third kappa shape index (κ3) is 2.79. The van der Waals surface area contributed by atoms with E-state index in [4.69, 9.17) is 4.74 Å². The number of rotatable bonds is 4. The highest BCUT2D eigenvalue weighted by Crippen LogP contribution is 2.12. The number of nitrogens with zero attached hydrogens (tertiary/aromatic N) is 1. The molecule has 0 saturated carbocycles. The lowest BCUT2D eigenvalue weighted by molar-refractivity contribution is 0.0937. The maximum atomic E-state index is 11.8. The smallest absolute Gasteiger partial charge is 0.252 e. The first kappa shape index (κ1) is 11.5. The number of carbonyl (C=O) groups excluding carboxylic acids is 1. The predicted octanol–water partition coefficient (Wildman–Crippen LogP) is 1.61. The SMILES string of the molecule is COCCNC(=O)c1cnc2ccccc2c1. The number of pyridine rings is 1. The van der Waals surface area contributed by atoms with Gasteiger partial charge in [0, 0.05) is 25.2 Å². The molecule has 1 aromatic carbocycles. The zero-order valence-electron chi connectivity index (χ0n) is 9.64. The summed E-state index contributed by atoms with van der Waals surface area (Å²) >= 11 is 0. The zero-order chi connectivity index (χ0) is 12.1. The van der Waals surface area contributed by atoms with Crippen LogP contribution >= 0.6 is 0 Å². The van der Waals surface area contributed by atoms with Crippen LogP contribution in [0.3, 0.4) is 0 Å². The van der Waals surface area contributed by atoms with E-state index < -0.39 is 0 Å². The molecule has 0 fully saturated rings. The van der Waals surface area contributed by atoms with Crippen LogP contribution in [0.25, 0.3) is 10.9 Å². The summed E-state index contributed by atoms with van der Waals surface area (Å²) in [6.07, 6.45) is 1.59. The average molecular weight is 230 g/mol. The normalized spacial score (nSPS) is 10.4. The number of methoxy groups -OCH3 is 1. The molecular formula is C13H14N2O2. The van der Waals surface area contributed by atoms with Gasteiger partial charge < -0.3 is 10.1 Å². The Kier molecular flexibility index (Phi) is 3.67. The van der Waals surface area contributed by atoms with Crippen LogP contribution < -0.4 is 5.32 Å². The largest absolute Gasteiger partial charge is 0.383 e. The summed E-state index contributed by atoms with van der Waals surface area (Å²) in [6, 6.07) is 9.55. The number of benzene rings is 1. The van der Waals surface area contributed by atoms with Crippen molar-refractivity contribution in [3.8, 4) is 0 Å². The molecule has 0 aliphatic heterocycles. The molecule has 0 aliphatic rings. The third-order valence-corrected chi connectivity index (χ3v) is 2.44. The van der Waals surface area contributed by atoms with Gasteiger partial charge in [-0.15, -0.1) is 0 Å². The lowest BCUT2D eigenvalue weighted by Gasteiger charge is -2.05. The second-order valence-electron chi connectivity index (χ2n) is 3.67.